The van der Waals surface area contributed by atoms with Crippen LogP contribution in [-0.4, -0.2) is 151 Å². The smallest absolute Gasteiger partial charge is 0.410 e. The maximum absolute atomic E-state index is 12.9. The molecule has 0 bridgehead atoms. The van der Waals surface area contributed by atoms with E-state index in [2.05, 4.69) is 161 Å². The summed E-state index contributed by atoms with van der Waals surface area (Å²) < 4.78 is 16.0. The van der Waals surface area contributed by atoms with Crippen molar-refractivity contribution in [2.75, 3.05) is 29.0 Å². The predicted molar refractivity (Wildman–Crippen MR) is 517 cm³/mol. The number of aromatic nitrogens is 12. The lowest BCUT2D eigenvalue weighted by Crippen LogP contribution is -2.44. The van der Waals surface area contributed by atoms with Gasteiger partial charge >= 0.3 is 24.1 Å². The molecule has 0 spiro atoms. The van der Waals surface area contributed by atoms with E-state index in [0.29, 0.717) is 85.0 Å². The Morgan fingerprint density at radius 2 is 0.916 bits per heavy atom. The first-order chi connectivity index (χ1) is 61.9. The normalized spacial score (nSPS) is 15.4. The van der Waals surface area contributed by atoms with E-state index >= 15 is 0 Å². The fourth-order valence-electron chi connectivity index (χ4n) is 15.3. The number of aryl methyl sites for hydroxylation is 8. The summed E-state index contributed by atoms with van der Waals surface area (Å²) in [6.07, 6.45) is 21.3. The maximum Gasteiger partial charge on any atom is 0.410 e. The molecule has 30 nitrogen and oxygen atoms in total. The molecule has 4 atom stereocenters. The number of carbonyl (C=O) groups is 6. The quantitative estimate of drug-likeness (QED) is 0.0329. The molecule has 10 aromatic heterocycles. The number of nitrogens with one attached hydrogen (secondary N) is 5. The molecule has 9 N–H and O–H groups in total. The first-order valence-electron chi connectivity index (χ1n) is 43.2. The highest BCUT2D eigenvalue weighted by atomic mass is 32.1. The van der Waals surface area contributed by atoms with Gasteiger partial charge in [-0.25, -0.2) is 49.1 Å². The standard InChI is InChI=1S/2C26H28N6OS.C16H18N6.2C14H19NO4S.CH4/c1-16-12-19(22-8-10-28-26(31-22)30-20-14-29-32(3)15-20)5-4-18(16)6-7-23(33)25-13-21-17(2)27-11-9-24(21)34-25;1-16-10-19(22-8-9-27-26(31-22)30-21-14-29-32(3)15-21)5-4-18(16)6-7-23(33)25-12-20-13-28-17(2)11-24(20)34-25;1-11-7-12(3-4-13(11)8-17)15-5-6-18-16(21-15)20-14-9-19-22(2)10-14;1-8-5-10-9(6-11(20-10)12(16)17)7-15(8)13(18)19-14(2,3)4;1-8-9-7-11(12(16)17)20-10(9)5-6-15(8)13(18)19-14(2,3)4;/h4-5,8,10,12-15,17,27H,6-7,9,11H2,1-3H3,(H,28,30,31);4-5,8-10,12,14-15,17,28H,6-7,11,13H2,1-3H3,(H,27,30,31);3-7,9-10H,8,17H2,1-2H3,(H,18,20,21);6,8H,5,7H2,1-4H3,(H,16,17);7-8H,5-6H2,1-4H3,(H,16,17);1H4. The maximum atomic E-state index is 12.9. The van der Waals surface area contributed by atoms with E-state index in [-0.39, 0.29) is 43.3 Å². The number of hydrogen-bond acceptors (Lipinski definition) is 27. The molecule has 4 unspecified atom stereocenters. The van der Waals surface area contributed by atoms with Crippen molar-refractivity contribution in [2.45, 2.75) is 204 Å². The van der Waals surface area contributed by atoms with Gasteiger partial charge in [0.1, 0.15) is 21.0 Å². The zero-order valence-electron chi connectivity index (χ0n) is 76.1. The van der Waals surface area contributed by atoms with E-state index in [1.54, 1.807) is 95.8 Å². The third-order valence-corrected chi connectivity index (χ3v) is 27.1. The second kappa shape index (κ2) is 43.0. The highest BCUT2D eigenvalue weighted by Gasteiger charge is 2.35. The average molecular weight is 1850 g/mol. The highest BCUT2D eigenvalue weighted by Crippen LogP contribution is 2.39. The van der Waals surface area contributed by atoms with E-state index in [9.17, 15) is 28.8 Å². The van der Waals surface area contributed by atoms with Crippen LogP contribution in [0.15, 0.2) is 153 Å². The number of carboxylic acids is 2. The summed E-state index contributed by atoms with van der Waals surface area (Å²) in [6.45, 7) is 28.8. The summed E-state index contributed by atoms with van der Waals surface area (Å²) in [7, 11) is 5.60. The van der Waals surface area contributed by atoms with Crippen molar-refractivity contribution in [3.05, 3.63) is 247 Å². The third-order valence-electron chi connectivity index (χ3n) is 22.2. The van der Waals surface area contributed by atoms with E-state index < -0.39 is 23.1 Å². The molecule has 2 amide bonds. The molecular weight excluding hydrogens is 1730 g/mol. The van der Waals surface area contributed by atoms with Crippen molar-refractivity contribution in [3.63, 3.8) is 0 Å². The zero-order valence-corrected chi connectivity index (χ0v) is 79.3. The van der Waals surface area contributed by atoms with Gasteiger partial charge in [0, 0.05) is 158 Å². The molecule has 34 heteroatoms. The van der Waals surface area contributed by atoms with Crippen LogP contribution in [0.1, 0.15) is 215 Å². The van der Waals surface area contributed by atoms with Crippen LogP contribution in [0.2, 0.25) is 0 Å². The molecule has 17 rings (SSSR count). The number of rotatable bonds is 20. The number of hydrogen-bond donors (Lipinski definition) is 8. The molecule has 0 saturated heterocycles. The average Bonchev–Trinajstić information content (AvgIpc) is 1.35. The van der Waals surface area contributed by atoms with Gasteiger partial charge in [0.25, 0.3) is 0 Å². The Morgan fingerprint density at radius 3 is 1.36 bits per heavy atom. The van der Waals surface area contributed by atoms with E-state index in [0.717, 1.165) is 137 Å². The Balaban J connectivity index is 0.000000151. The van der Waals surface area contributed by atoms with Gasteiger partial charge in [0.05, 0.1) is 75.1 Å². The van der Waals surface area contributed by atoms with Crippen LogP contribution < -0.4 is 32.3 Å². The summed E-state index contributed by atoms with van der Waals surface area (Å²) in [4.78, 5) is 109. The Labute approximate surface area is 780 Å². The van der Waals surface area contributed by atoms with Crippen LogP contribution in [-0.2, 0) is 88.8 Å². The Hall–Kier alpha value is -12.6. The second-order valence-electron chi connectivity index (χ2n) is 34.7. The van der Waals surface area contributed by atoms with Crippen molar-refractivity contribution < 1.29 is 48.5 Å². The molecule has 0 fully saturated rings. The molecule has 688 valence electrons. The minimum Gasteiger partial charge on any atom is -0.477 e. The van der Waals surface area contributed by atoms with Crippen molar-refractivity contribution in [1.82, 2.24) is 79.7 Å². The number of thiophene rings is 4. The zero-order chi connectivity index (χ0) is 93.0. The van der Waals surface area contributed by atoms with E-state index in [1.165, 1.54) is 60.2 Å². The minimum absolute atomic E-state index is 0. The molecule has 131 heavy (non-hydrogen) atoms. The fourth-order valence-corrected chi connectivity index (χ4v) is 20.0. The van der Waals surface area contributed by atoms with Gasteiger partial charge in [-0.3, -0.25) is 23.6 Å². The van der Waals surface area contributed by atoms with Gasteiger partial charge in [-0.15, -0.1) is 45.3 Å². The molecule has 4 aliphatic rings. The monoisotopic (exact) mass is 1850 g/mol. The fraction of sp³-hybridized carbons (Fsp3) is 0.371. The number of ketones is 2. The molecule has 13 aromatic rings. The number of ether oxygens (including phenoxy) is 2. The number of carboxylic acid groups (broad SMARTS) is 2. The number of nitrogens with zero attached hydrogens (tertiary/aromatic N) is 14. The highest BCUT2D eigenvalue weighted by molar-refractivity contribution is 7.15. The van der Waals surface area contributed by atoms with Gasteiger partial charge in [-0.05, 0) is 238 Å². The lowest BCUT2D eigenvalue weighted by Gasteiger charge is -2.34. The van der Waals surface area contributed by atoms with E-state index in [4.69, 9.17) is 25.4 Å². The van der Waals surface area contributed by atoms with Crippen molar-refractivity contribution >= 4 is 116 Å². The molecule has 0 radical (unpaired) electrons. The van der Waals surface area contributed by atoms with Crippen molar-refractivity contribution in [1.29, 1.82) is 0 Å². The van der Waals surface area contributed by atoms with Gasteiger partial charge in [-0.1, -0.05) is 43.8 Å². The van der Waals surface area contributed by atoms with Crippen LogP contribution in [0.4, 0.5) is 44.5 Å². The van der Waals surface area contributed by atoms with Crippen LogP contribution in [0, 0.1) is 20.8 Å². The van der Waals surface area contributed by atoms with Crippen LogP contribution in [0.5, 0.6) is 0 Å². The van der Waals surface area contributed by atoms with E-state index in [1.807, 2.05) is 125 Å². The number of nitrogens with two attached hydrogens (primary N) is 1. The number of anilines is 6. The SMILES string of the molecule is C.CC1Cc2sc(C(=O)O)cc2CN1C(=O)OC(C)(C)C.CC1c2cc(C(=O)O)sc2CCN1C(=O)OC(C)(C)C.Cc1cc(-c2ccnc(Nc3cnn(C)c3)n2)ccc1CCC(=O)c1cc2c(s1)CC(C)NC2.Cc1cc(-c2ccnc(Nc3cnn(C)c3)n2)ccc1CCC(=O)c1cc2c(s1)CCNC2C.Cc1cc(-c2ccnc(Nc3cnn(C)c3)n2)ccc1CN. The summed E-state index contributed by atoms with van der Waals surface area (Å²) in [5.74, 6) is 0.240. The largest absolute Gasteiger partial charge is 0.477 e. The molecular formula is C97H116N20O10S4. The Kier molecular flexibility index (Phi) is 32.0. The molecule has 14 heterocycles. The summed E-state index contributed by atoms with van der Waals surface area (Å²) in [6, 6.07) is 32.7. The molecule has 4 aliphatic heterocycles. The van der Waals surface area contributed by atoms with Crippen LogP contribution in [0.25, 0.3) is 33.8 Å². The summed E-state index contributed by atoms with van der Waals surface area (Å²) in [5.41, 5.74) is 24.3. The first kappa shape index (κ1) is 97.5. The van der Waals surface area contributed by atoms with Crippen LogP contribution in [0.3, 0.4) is 0 Å². The molecule has 0 aliphatic carbocycles. The van der Waals surface area contributed by atoms with Gasteiger partial charge in [0.2, 0.25) is 17.8 Å². The molecule has 0 saturated carbocycles. The number of aromatic carboxylic acids is 2. The van der Waals surface area contributed by atoms with Gasteiger partial charge in [0.15, 0.2) is 11.6 Å². The Bertz CT molecular complexity index is 6220. The predicted octanol–water partition coefficient (Wildman–Crippen LogP) is 19.3. The lowest BCUT2D eigenvalue weighted by molar-refractivity contribution is 0.0135. The summed E-state index contributed by atoms with van der Waals surface area (Å²) >= 11 is 5.94. The van der Waals surface area contributed by atoms with Gasteiger partial charge in [-0.2, -0.15) is 15.3 Å². The third kappa shape index (κ3) is 26.0. The number of fused-ring (bicyclic) bond motifs is 4. The first-order valence-corrected chi connectivity index (χ1v) is 46.4. The summed E-state index contributed by atoms with van der Waals surface area (Å²) in [5, 5.41) is 47.0. The second-order valence-corrected chi connectivity index (χ2v) is 39.3. The van der Waals surface area contributed by atoms with Gasteiger partial charge < -0.3 is 61.8 Å². The minimum atomic E-state index is -0.916. The Morgan fingerprint density at radius 1 is 0.504 bits per heavy atom. The van der Waals surface area contributed by atoms with Crippen molar-refractivity contribution in [3.8, 4) is 33.8 Å². The number of Topliss-reactive ketones (excluding diaryl/α,β-unsaturated/α-hetero) is 2. The number of benzene rings is 3. The van der Waals surface area contributed by atoms with Crippen LogP contribution >= 0.6 is 45.3 Å². The number of carbonyl (C=O) groups excluding carboxylic acids is 4. The molecule has 3 aromatic carbocycles. The number of amides is 2. The topological polar surface area (TPSA) is 385 Å². The lowest BCUT2D eigenvalue weighted by atomic mass is 9.98. The van der Waals surface area contributed by atoms with Crippen molar-refractivity contribution in [2.24, 2.45) is 26.9 Å².